The number of carbonyl (C=O) groups is 1. The van der Waals surface area contributed by atoms with Gasteiger partial charge >= 0.3 is 5.97 Å². The predicted octanol–water partition coefficient (Wildman–Crippen LogP) is 8.26. The summed E-state index contributed by atoms with van der Waals surface area (Å²) in [6.45, 7) is 14.4. The SMILES string of the molecule is COC(=O)C(CC1CCCC1)c1cn([Si](C(C)C)(C(C)C)C(C)C)c2cc(Br)ccc12. The summed E-state index contributed by atoms with van der Waals surface area (Å²) in [6, 6.07) is 6.58. The van der Waals surface area contributed by atoms with Crippen LogP contribution in [0.25, 0.3) is 10.9 Å². The molecule has 0 saturated heterocycles. The number of hydrogen-bond acceptors (Lipinski definition) is 2. The van der Waals surface area contributed by atoms with Crippen molar-refractivity contribution >= 4 is 41.0 Å². The number of ether oxygens (including phenoxy) is 1. The van der Waals surface area contributed by atoms with Crippen LogP contribution in [0.4, 0.5) is 0 Å². The molecular weight excluding hydrogens is 466 g/mol. The molecule has 1 heterocycles. The number of rotatable bonds is 8. The lowest BCUT2D eigenvalue weighted by molar-refractivity contribution is -0.142. The lowest BCUT2D eigenvalue weighted by Gasteiger charge is -2.44. The zero-order valence-corrected chi connectivity index (χ0v) is 23.0. The fourth-order valence-electron chi connectivity index (χ4n) is 6.73. The van der Waals surface area contributed by atoms with Crippen molar-refractivity contribution < 1.29 is 9.53 Å². The van der Waals surface area contributed by atoms with Crippen LogP contribution in [0.5, 0.6) is 0 Å². The van der Waals surface area contributed by atoms with Crippen LogP contribution in [-0.2, 0) is 9.53 Å². The normalized spacial score (nSPS) is 16.7. The molecule has 1 unspecified atom stereocenters. The van der Waals surface area contributed by atoms with Crippen molar-refractivity contribution in [2.24, 2.45) is 5.92 Å². The molecule has 3 rings (SSSR count). The molecule has 0 aliphatic heterocycles. The summed E-state index contributed by atoms with van der Waals surface area (Å²) in [7, 11) is -0.425. The van der Waals surface area contributed by atoms with E-state index in [1.54, 1.807) is 0 Å². The second-order valence-electron chi connectivity index (χ2n) is 10.4. The molecule has 0 N–H and O–H groups in total. The number of nitrogens with zero attached hydrogens (tertiary/aromatic N) is 1. The van der Waals surface area contributed by atoms with Crippen LogP contribution in [0.15, 0.2) is 28.9 Å². The van der Waals surface area contributed by atoms with Crippen LogP contribution in [0, 0.1) is 5.92 Å². The molecule has 0 spiro atoms. The highest BCUT2D eigenvalue weighted by Crippen LogP contribution is 2.47. The van der Waals surface area contributed by atoms with Crippen LogP contribution >= 0.6 is 15.9 Å². The second kappa shape index (κ2) is 9.82. The topological polar surface area (TPSA) is 31.2 Å². The molecule has 1 aliphatic rings. The average Bonchev–Trinajstić information content (AvgIpc) is 3.33. The van der Waals surface area contributed by atoms with Gasteiger partial charge in [0, 0.05) is 21.6 Å². The van der Waals surface area contributed by atoms with Gasteiger partial charge in [-0.3, -0.25) is 4.79 Å². The first-order chi connectivity index (χ1) is 14.6. The molecule has 0 bridgehead atoms. The van der Waals surface area contributed by atoms with Gasteiger partial charge in [0.1, 0.15) is 0 Å². The summed E-state index contributed by atoms with van der Waals surface area (Å²) in [6.07, 6.45) is 8.32. The number of benzene rings is 1. The molecule has 1 atom stereocenters. The van der Waals surface area contributed by atoms with E-state index in [0.29, 0.717) is 22.5 Å². The van der Waals surface area contributed by atoms with Gasteiger partial charge in [0.05, 0.1) is 13.0 Å². The van der Waals surface area contributed by atoms with Crippen LogP contribution in [0.2, 0.25) is 16.6 Å². The Balaban J connectivity index is 2.27. The van der Waals surface area contributed by atoms with E-state index in [1.165, 1.54) is 49.3 Å². The molecular formula is C26H40BrNO2Si. The van der Waals surface area contributed by atoms with Gasteiger partial charge in [-0.05, 0) is 46.7 Å². The van der Waals surface area contributed by atoms with Gasteiger partial charge in [0.2, 0.25) is 0 Å². The van der Waals surface area contributed by atoms with Gasteiger partial charge in [-0.25, -0.2) is 0 Å². The van der Waals surface area contributed by atoms with Gasteiger partial charge in [-0.15, -0.1) is 0 Å². The Morgan fingerprint density at radius 3 is 2.19 bits per heavy atom. The third kappa shape index (κ3) is 4.41. The maximum Gasteiger partial charge on any atom is 0.313 e. The summed E-state index contributed by atoms with van der Waals surface area (Å²) < 4.78 is 9.08. The molecule has 3 nitrogen and oxygen atoms in total. The molecule has 1 saturated carbocycles. The standard InChI is InChI=1S/C26H40BrNO2Si/c1-17(2)31(18(3)4,19(5)6)28-16-24(22-13-12-21(27)15-25(22)28)23(26(29)30-7)14-20-10-8-9-11-20/h12-13,15-20,23H,8-11,14H2,1-7H3. The van der Waals surface area contributed by atoms with E-state index >= 15 is 0 Å². The lowest BCUT2D eigenvalue weighted by Crippen LogP contribution is -2.51. The largest absolute Gasteiger partial charge is 0.469 e. The number of esters is 1. The molecule has 1 fully saturated rings. The zero-order valence-electron chi connectivity index (χ0n) is 20.4. The summed E-state index contributed by atoms with van der Waals surface area (Å²) in [4.78, 5) is 13.0. The Labute approximate surface area is 198 Å². The first-order valence-corrected chi connectivity index (χ1v) is 15.0. The minimum atomic E-state index is -1.96. The third-order valence-corrected chi connectivity index (χ3v) is 15.1. The average molecular weight is 507 g/mol. The third-order valence-electron chi connectivity index (χ3n) is 7.90. The quantitative estimate of drug-likeness (QED) is 0.267. The number of carbonyl (C=O) groups excluding carboxylic acids is 1. The van der Waals surface area contributed by atoms with Gasteiger partial charge in [0.25, 0.3) is 0 Å². The second-order valence-corrected chi connectivity index (χ2v) is 17.1. The Morgan fingerprint density at radius 1 is 1.10 bits per heavy atom. The van der Waals surface area contributed by atoms with E-state index in [0.717, 1.165) is 10.9 Å². The van der Waals surface area contributed by atoms with Crippen LogP contribution < -0.4 is 0 Å². The van der Waals surface area contributed by atoms with Crippen molar-refractivity contribution in [2.75, 3.05) is 7.11 Å². The molecule has 5 heteroatoms. The Morgan fingerprint density at radius 2 is 1.68 bits per heavy atom. The number of halogens is 1. The molecule has 2 aromatic rings. The van der Waals surface area contributed by atoms with Crippen molar-refractivity contribution in [3.63, 3.8) is 0 Å². The molecule has 1 aromatic carbocycles. The fraction of sp³-hybridized carbons (Fsp3) is 0.654. The van der Waals surface area contributed by atoms with Crippen molar-refractivity contribution in [1.82, 2.24) is 4.23 Å². The van der Waals surface area contributed by atoms with Gasteiger partial charge in [0.15, 0.2) is 8.24 Å². The first-order valence-electron chi connectivity index (χ1n) is 12.0. The van der Waals surface area contributed by atoms with Crippen LogP contribution in [-0.4, -0.2) is 25.5 Å². The summed E-state index contributed by atoms with van der Waals surface area (Å²) >= 11 is 3.71. The van der Waals surface area contributed by atoms with Crippen molar-refractivity contribution in [1.29, 1.82) is 0 Å². The van der Waals surface area contributed by atoms with E-state index < -0.39 is 8.24 Å². The molecule has 0 amide bonds. The minimum absolute atomic E-state index is 0.0835. The Kier molecular flexibility index (Phi) is 7.78. The first kappa shape index (κ1) is 24.6. The Hall–Kier alpha value is -1.07. The molecule has 0 radical (unpaired) electrons. The fourth-order valence-corrected chi connectivity index (χ4v) is 13.7. The number of fused-ring (bicyclic) bond motifs is 1. The molecule has 1 aromatic heterocycles. The van der Waals surface area contributed by atoms with E-state index in [4.69, 9.17) is 4.74 Å². The van der Waals surface area contributed by atoms with E-state index in [2.05, 4.69) is 86.1 Å². The highest BCUT2D eigenvalue weighted by atomic mass is 79.9. The predicted molar refractivity (Wildman–Crippen MR) is 137 cm³/mol. The minimum Gasteiger partial charge on any atom is -0.469 e. The number of aromatic nitrogens is 1. The molecule has 31 heavy (non-hydrogen) atoms. The van der Waals surface area contributed by atoms with Gasteiger partial charge in [-0.1, -0.05) is 89.2 Å². The zero-order chi connectivity index (χ0) is 22.9. The number of hydrogen-bond donors (Lipinski definition) is 0. The monoisotopic (exact) mass is 505 g/mol. The highest BCUT2D eigenvalue weighted by molar-refractivity contribution is 9.10. The summed E-state index contributed by atoms with van der Waals surface area (Å²) in [5.41, 5.74) is 4.19. The van der Waals surface area contributed by atoms with Crippen molar-refractivity contribution in [2.45, 2.75) is 96.2 Å². The maximum atomic E-state index is 13.0. The van der Waals surface area contributed by atoms with E-state index in [9.17, 15) is 4.79 Å². The summed E-state index contributed by atoms with van der Waals surface area (Å²) in [5, 5.41) is 1.22. The van der Waals surface area contributed by atoms with E-state index in [1.807, 2.05) is 0 Å². The lowest BCUT2D eigenvalue weighted by atomic mass is 9.88. The highest BCUT2D eigenvalue weighted by Gasteiger charge is 2.46. The number of methoxy groups -OCH3 is 1. The van der Waals surface area contributed by atoms with E-state index in [-0.39, 0.29) is 11.9 Å². The van der Waals surface area contributed by atoms with Crippen LogP contribution in [0.1, 0.15) is 85.1 Å². The maximum absolute atomic E-state index is 13.0. The van der Waals surface area contributed by atoms with Gasteiger partial charge < -0.3 is 8.97 Å². The Bertz CT molecular complexity index is 890. The van der Waals surface area contributed by atoms with Gasteiger partial charge in [-0.2, -0.15) is 0 Å². The van der Waals surface area contributed by atoms with Crippen molar-refractivity contribution in [3.8, 4) is 0 Å². The smallest absolute Gasteiger partial charge is 0.313 e. The summed E-state index contributed by atoms with van der Waals surface area (Å²) in [5.74, 6) is 0.358. The van der Waals surface area contributed by atoms with Crippen molar-refractivity contribution in [3.05, 3.63) is 34.4 Å². The molecule has 1 aliphatic carbocycles. The molecule has 172 valence electrons. The van der Waals surface area contributed by atoms with Crippen LogP contribution in [0.3, 0.4) is 0 Å².